The molecule has 0 radical (unpaired) electrons. The summed E-state index contributed by atoms with van der Waals surface area (Å²) in [4.78, 5) is 35.3. The first-order valence-corrected chi connectivity index (χ1v) is 7.92. The van der Waals surface area contributed by atoms with Gasteiger partial charge in [0.25, 0.3) is 5.91 Å². The van der Waals surface area contributed by atoms with Crippen molar-refractivity contribution in [2.75, 3.05) is 0 Å². The normalized spacial score (nSPS) is 14.6. The van der Waals surface area contributed by atoms with Crippen molar-refractivity contribution in [3.8, 4) is 0 Å². The van der Waals surface area contributed by atoms with E-state index in [1.54, 1.807) is 36.4 Å². The van der Waals surface area contributed by atoms with E-state index in [1.807, 2.05) is 0 Å². The van der Waals surface area contributed by atoms with E-state index in [0.717, 1.165) is 5.56 Å². The molecule has 1 aromatic heterocycles. The fourth-order valence-electron chi connectivity index (χ4n) is 2.52. The van der Waals surface area contributed by atoms with Gasteiger partial charge in [0, 0.05) is 12.1 Å². The third kappa shape index (κ3) is 3.71. The minimum atomic E-state index is -1.27. The largest absolute Gasteiger partial charge is 0.480 e. The molecule has 2 amide bonds. The zero-order chi connectivity index (χ0) is 17.9. The molecular weight excluding hydrogens is 324 g/mol. The summed E-state index contributed by atoms with van der Waals surface area (Å²) in [5, 5.41) is 14.5. The number of nitrogens with one attached hydrogen (secondary N) is 2. The van der Waals surface area contributed by atoms with Crippen LogP contribution in [0.3, 0.4) is 0 Å². The maximum Gasteiger partial charge on any atom is 0.319 e. The average molecular weight is 342 g/mol. The van der Waals surface area contributed by atoms with Gasteiger partial charge in [-0.15, -0.1) is 0 Å². The molecule has 130 valence electrons. The molecule has 0 unspecified atom stereocenters. The predicted molar refractivity (Wildman–Crippen MR) is 87.5 cm³/mol. The Balaban J connectivity index is 1.57. The second kappa shape index (κ2) is 6.80. The Morgan fingerprint density at radius 3 is 2.52 bits per heavy atom. The van der Waals surface area contributed by atoms with Gasteiger partial charge in [-0.25, -0.2) is 0 Å². The van der Waals surface area contributed by atoms with Crippen LogP contribution in [0.25, 0.3) is 0 Å². The van der Waals surface area contributed by atoms with Crippen LogP contribution in [0, 0.1) is 5.41 Å². The minimum absolute atomic E-state index is 0.174. The van der Waals surface area contributed by atoms with E-state index in [1.165, 1.54) is 6.26 Å². The summed E-state index contributed by atoms with van der Waals surface area (Å²) < 4.78 is 5.16. The molecule has 1 saturated carbocycles. The highest BCUT2D eigenvalue weighted by Crippen LogP contribution is 2.46. The molecule has 0 spiro atoms. The molecule has 1 fully saturated rings. The van der Waals surface area contributed by atoms with Crippen molar-refractivity contribution < 1.29 is 23.9 Å². The van der Waals surface area contributed by atoms with E-state index >= 15 is 0 Å². The minimum Gasteiger partial charge on any atom is -0.480 e. The molecule has 2 aromatic rings. The molecule has 1 heterocycles. The van der Waals surface area contributed by atoms with Crippen LogP contribution in [0.4, 0.5) is 0 Å². The number of carbonyl (C=O) groups is 3. The molecule has 3 N–H and O–H groups in total. The van der Waals surface area contributed by atoms with Gasteiger partial charge in [0.1, 0.15) is 11.2 Å². The molecule has 1 aliphatic rings. The summed E-state index contributed by atoms with van der Waals surface area (Å²) in [6.45, 7) is 0.459. The third-order valence-corrected chi connectivity index (χ3v) is 4.24. The molecule has 0 aliphatic heterocycles. The number of amides is 2. The number of rotatable bonds is 7. The lowest BCUT2D eigenvalue weighted by molar-refractivity contribution is -0.149. The van der Waals surface area contributed by atoms with E-state index in [0.29, 0.717) is 24.2 Å². The van der Waals surface area contributed by atoms with Crippen molar-refractivity contribution in [3.63, 3.8) is 0 Å². The van der Waals surface area contributed by atoms with E-state index in [-0.39, 0.29) is 19.0 Å². The van der Waals surface area contributed by atoms with Crippen LogP contribution in [0.15, 0.2) is 47.1 Å². The summed E-state index contributed by atoms with van der Waals surface area (Å²) in [6, 6.07) is 10.3. The average Bonchev–Trinajstić information content (AvgIpc) is 3.28. The molecule has 1 aliphatic carbocycles. The highest BCUT2D eigenvalue weighted by Gasteiger charge is 2.56. The maximum atomic E-state index is 12.2. The van der Waals surface area contributed by atoms with Crippen LogP contribution in [-0.2, 0) is 22.7 Å². The molecule has 7 heteroatoms. The quantitative estimate of drug-likeness (QED) is 0.664. The van der Waals surface area contributed by atoms with E-state index in [4.69, 9.17) is 9.52 Å². The molecule has 7 nitrogen and oxygen atoms in total. The van der Waals surface area contributed by atoms with E-state index < -0.39 is 17.3 Å². The zero-order valence-corrected chi connectivity index (χ0v) is 13.5. The van der Waals surface area contributed by atoms with Crippen LogP contribution in [0.1, 0.15) is 34.5 Å². The smallest absolute Gasteiger partial charge is 0.319 e. The van der Waals surface area contributed by atoms with Crippen molar-refractivity contribution in [1.29, 1.82) is 0 Å². The maximum absolute atomic E-state index is 12.2. The highest BCUT2D eigenvalue weighted by molar-refractivity contribution is 6.04. The summed E-state index contributed by atoms with van der Waals surface area (Å²) in [6.07, 6.45) is 2.27. The van der Waals surface area contributed by atoms with E-state index in [2.05, 4.69) is 10.6 Å². The Hall–Kier alpha value is -3.09. The topological polar surface area (TPSA) is 109 Å². The van der Waals surface area contributed by atoms with Gasteiger partial charge in [-0.3, -0.25) is 14.4 Å². The Morgan fingerprint density at radius 1 is 1.08 bits per heavy atom. The number of carboxylic acid groups (broad SMARTS) is 1. The number of aliphatic carboxylic acids is 1. The van der Waals surface area contributed by atoms with Gasteiger partial charge in [0.05, 0.1) is 12.8 Å². The number of benzene rings is 1. The van der Waals surface area contributed by atoms with Gasteiger partial charge in [-0.05, 0) is 42.7 Å². The second-order valence-electron chi connectivity index (χ2n) is 6.03. The molecule has 25 heavy (non-hydrogen) atoms. The third-order valence-electron chi connectivity index (χ3n) is 4.24. The number of hydrogen-bond donors (Lipinski definition) is 3. The molecule has 0 saturated heterocycles. The van der Waals surface area contributed by atoms with Gasteiger partial charge >= 0.3 is 5.97 Å². The SMILES string of the molecule is O=C(NCc1ccco1)c1cccc(CNC(=O)C2(C(=O)O)CC2)c1. The zero-order valence-electron chi connectivity index (χ0n) is 13.5. The lowest BCUT2D eigenvalue weighted by Crippen LogP contribution is -2.36. The lowest BCUT2D eigenvalue weighted by atomic mass is 10.1. The predicted octanol–water partition coefficient (Wildman–Crippen LogP) is 1.69. The first-order valence-electron chi connectivity index (χ1n) is 7.92. The van der Waals surface area contributed by atoms with Gasteiger partial charge in [0.15, 0.2) is 0 Å². The first-order chi connectivity index (χ1) is 12.0. The fourth-order valence-corrected chi connectivity index (χ4v) is 2.52. The first kappa shape index (κ1) is 16.8. The monoisotopic (exact) mass is 342 g/mol. The standard InChI is InChI=1S/C18H18N2O5/c21-15(19-11-14-5-2-8-25-14)13-4-1-3-12(9-13)10-20-16(22)18(6-7-18)17(23)24/h1-5,8-9H,6-7,10-11H2,(H,19,21)(H,20,22)(H,23,24). The van der Waals surface area contributed by atoms with Gasteiger partial charge in [-0.2, -0.15) is 0 Å². The number of furan rings is 1. The Labute approximate surface area is 144 Å². The van der Waals surface area contributed by atoms with Gasteiger partial charge in [-0.1, -0.05) is 12.1 Å². The van der Waals surface area contributed by atoms with Crippen LogP contribution < -0.4 is 10.6 Å². The van der Waals surface area contributed by atoms with Crippen LogP contribution >= 0.6 is 0 Å². The number of carboxylic acids is 1. The highest BCUT2D eigenvalue weighted by atomic mass is 16.4. The van der Waals surface area contributed by atoms with Gasteiger partial charge < -0.3 is 20.2 Å². The summed E-state index contributed by atoms with van der Waals surface area (Å²) >= 11 is 0. The van der Waals surface area contributed by atoms with Crippen molar-refractivity contribution in [2.45, 2.75) is 25.9 Å². The molecule has 0 atom stereocenters. The molecule has 1 aromatic carbocycles. The second-order valence-corrected chi connectivity index (χ2v) is 6.03. The molecule has 3 rings (SSSR count). The van der Waals surface area contributed by atoms with Crippen LogP contribution in [0.5, 0.6) is 0 Å². The summed E-state index contributed by atoms with van der Waals surface area (Å²) in [5.41, 5.74) is -0.0873. The summed E-state index contributed by atoms with van der Waals surface area (Å²) in [5.74, 6) is -1.17. The van der Waals surface area contributed by atoms with Crippen molar-refractivity contribution in [2.24, 2.45) is 5.41 Å². The van der Waals surface area contributed by atoms with Crippen molar-refractivity contribution in [1.82, 2.24) is 10.6 Å². The van der Waals surface area contributed by atoms with Crippen molar-refractivity contribution >= 4 is 17.8 Å². The number of carbonyl (C=O) groups excluding carboxylic acids is 2. The van der Waals surface area contributed by atoms with Crippen LogP contribution in [-0.4, -0.2) is 22.9 Å². The Morgan fingerprint density at radius 2 is 1.88 bits per heavy atom. The van der Waals surface area contributed by atoms with Crippen molar-refractivity contribution in [3.05, 3.63) is 59.5 Å². The molecule has 0 bridgehead atoms. The van der Waals surface area contributed by atoms with E-state index in [9.17, 15) is 14.4 Å². The van der Waals surface area contributed by atoms with Gasteiger partial charge in [0.2, 0.25) is 5.91 Å². The lowest BCUT2D eigenvalue weighted by Gasteiger charge is -2.11. The molecular formula is C18H18N2O5. The summed E-state index contributed by atoms with van der Waals surface area (Å²) in [7, 11) is 0. The Bertz CT molecular complexity index is 794. The van der Waals surface area contributed by atoms with Crippen LogP contribution in [0.2, 0.25) is 0 Å². The Kier molecular flexibility index (Phi) is 4.56. The number of hydrogen-bond acceptors (Lipinski definition) is 4. The fraction of sp³-hybridized carbons (Fsp3) is 0.278.